The second-order valence-corrected chi connectivity index (χ2v) is 4.20. The van der Waals surface area contributed by atoms with Crippen molar-refractivity contribution in [1.29, 1.82) is 0 Å². The first-order valence-electron chi connectivity index (χ1n) is 5.99. The van der Waals surface area contributed by atoms with Crippen molar-refractivity contribution in [2.45, 2.75) is 6.42 Å². The van der Waals surface area contributed by atoms with Gasteiger partial charge in [-0.1, -0.05) is 18.2 Å². The van der Waals surface area contributed by atoms with Crippen molar-refractivity contribution >= 4 is 11.4 Å². The van der Waals surface area contributed by atoms with Crippen LogP contribution in [0, 0.1) is 5.82 Å². The van der Waals surface area contributed by atoms with Gasteiger partial charge in [0.25, 0.3) is 0 Å². The molecule has 0 atom stereocenters. The molecule has 0 spiro atoms. The van der Waals surface area contributed by atoms with E-state index in [1.165, 1.54) is 17.7 Å². The average molecular weight is 244 g/mol. The molecule has 0 aliphatic rings. The summed E-state index contributed by atoms with van der Waals surface area (Å²) in [5.41, 5.74) is 8.89. The lowest BCUT2D eigenvalue weighted by Gasteiger charge is -2.22. The number of halogens is 1. The molecule has 0 saturated heterocycles. The van der Waals surface area contributed by atoms with Crippen LogP contribution in [0.5, 0.6) is 0 Å². The van der Waals surface area contributed by atoms with Gasteiger partial charge >= 0.3 is 0 Å². The van der Waals surface area contributed by atoms with E-state index in [2.05, 4.69) is 6.07 Å². The minimum atomic E-state index is -0.220. The Balaban J connectivity index is 2.33. The summed E-state index contributed by atoms with van der Waals surface area (Å²) in [4.78, 5) is 2.05. The number of hydrogen-bond acceptors (Lipinski definition) is 2. The van der Waals surface area contributed by atoms with E-state index in [1.807, 2.05) is 30.1 Å². The Bertz CT molecular complexity index is 508. The molecule has 0 saturated carbocycles. The van der Waals surface area contributed by atoms with Gasteiger partial charge in [0.1, 0.15) is 5.82 Å². The summed E-state index contributed by atoms with van der Waals surface area (Å²) in [6.07, 6.45) is 0.835. The smallest absolute Gasteiger partial charge is 0.123 e. The lowest BCUT2D eigenvalue weighted by atomic mass is 10.1. The molecule has 0 unspecified atom stereocenters. The van der Waals surface area contributed by atoms with Gasteiger partial charge in [-0.3, -0.25) is 0 Å². The van der Waals surface area contributed by atoms with E-state index in [1.54, 1.807) is 12.1 Å². The standard InChI is InChI=1S/C15H17FN2/c1-18(14-8-6-13(16)7-9-14)15-5-3-2-4-12(15)10-11-17/h2-9H,10-11,17H2,1H3. The van der Waals surface area contributed by atoms with Gasteiger partial charge in [-0.15, -0.1) is 0 Å². The number of anilines is 2. The predicted molar refractivity (Wildman–Crippen MR) is 73.7 cm³/mol. The molecule has 0 aliphatic carbocycles. The van der Waals surface area contributed by atoms with Crippen LogP contribution in [0.25, 0.3) is 0 Å². The summed E-state index contributed by atoms with van der Waals surface area (Å²) in [5, 5.41) is 0. The zero-order chi connectivity index (χ0) is 13.0. The molecule has 3 heteroatoms. The highest BCUT2D eigenvalue weighted by Gasteiger charge is 2.08. The first-order valence-corrected chi connectivity index (χ1v) is 5.99. The summed E-state index contributed by atoms with van der Waals surface area (Å²) in [6.45, 7) is 0.619. The summed E-state index contributed by atoms with van der Waals surface area (Å²) in [6, 6.07) is 14.6. The zero-order valence-electron chi connectivity index (χ0n) is 10.4. The number of hydrogen-bond donors (Lipinski definition) is 1. The Morgan fingerprint density at radius 2 is 1.72 bits per heavy atom. The monoisotopic (exact) mass is 244 g/mol. The maximum Gasteiger partial charge on any atom is 0.123 e. The Hall–Kier alpha value is -1.87. The van der Waals surface area contributed by atoms with Crippen molar-refractivity contribution in [2.24, 2.45) is 5.73 Å². The van der Waals surface area contributed by atoms with Gasteiger partial charge in [0, 0.05) is 18.4 Å². The zero-order valence-corrected chi connectivity index (χ0v) is 10.4. The molecular formula is C15H17FN2. The van der Waals surface area contributed by atoms with Crippen molar-refractivity contribution in [1.82, 2.24) is 0 Å². The number of para-hydroxylation sites is 1. The molecule has 2 rings (SSSR count). The van der Waals surface area contributed by atoms with Gasteiger partial charge < -0.3 is 10.6 Å². The van der Waals surface area contributed by atoms with Gasteiger partial charge in [0.2, 0.25) is 0 Å². The first-order chi connectivity index (χ1) is 8.72. The molecule has 0 radical (unpaired) electrons. The first kappa shape index (κ1) is 12.6. The number of nitrogens with two attached hydrogens (primary N) is 1. The fourth-order valence-corrected chi connectivity index (χ4v) is 2.01. The lowest BCUT2D eigenvalue weighted by Crippen LogP contribution is -2.13. The quantitative estimate of drug-likeness (QED) is 0.895. The molecule has 0 heterocycles. The molecule has 0 aromatic heterocycles. The van der Waals surface area contributed by atoms with E-state index in [-0.39, 0.29) is 5.82 Å². The van der Waals surface area contributed by atoms with Crippen LogP contribution in [0.1, 0.15) is 5.56 Å². The van der Waals surface area contributed by atoms with Crippen molar-refractivity contribution < 1.29 is 4.39 Å². The summed E-state index contributed by atoms with van der Waals surface area (Å²) in [5.74, 6) is -0.220. The van der Waals surface area contributed by atoms with E-state index < -0.39 is 0 Å². The van der Waals surface area contributed by atoms with Crippen LogP contribution in [0.4, 0.5) is 15.8 Å². The molecule has 2 nitrogen and oxygen atoms in total. The SMILES string of the molecule is CN(c1ccc(F)cc1)c1ccccc1CCN. The molecule has 0 aliphatic heterocycles. The summed E-state index contributed by atoms with van der Waals surface area (Å²) in [7, 11) is 1.97. The molecule has 2 N–H and O–H groups in total. The van der Waals surface area contributed by atoms with Gasteiger partial charge in [-0.05, 0) is 48.9 Å². The maximum atomic E-state index is 12.9. The van der Waals surface area contributed by atoms with Crippen molar-refractivity contribution in [3.8, 4) is 0 Å². The number of benzene rings is 2. The Morgan fingerprint density at radius 3 is 2.39 bits per heavy atom. The van der Waals surface area contributed by atoms with Gasteiger partial charge in [-0.25, -0.2) is 4.39 Å². The van der Waals surface area contributed by atoms with Gasteiger partial charge in [0.15, 0.2) is 0 Å². The number of rotatable bonds is 4. The Kier molecular flexibility index (Phi) is 3.95. The topological polar surface area (TPSA) is 29.3 Å². The third-order valence-electron chi connectivity index (χ3n) is 2.98. The van der Waals surface area contributed by atoms with E-state index in [4.69, 9.17) is 5.73 Å². The second-order valence-electron chi connectivity index (χ2n) is 4.20. The van der Waals surface area contributed by atoms with Crippen molar-refractivity contribution in [3.63, 3.8) is 0 Å². The molecule has 0 bridgehead atoms. The Labute approximate surface area is 107 Å². The Morgan fingerprint density at radius 1 is 1.06 bits per heavy atom. The fourth-order valence-electron chi connectivity index (χ4n) is 2.01. The van der Waals surface area contributed by atoms with Crippen LogP contribution in [0.3, 0.4) is 0 Å². The molecule has 18 heavy (non-hydrogen) atoms. The second kappa shape index (κ2) is 5.65. The molecule has 0 amide bonds. The average Bonchev–Trinajstić information content (AvgIpc) is 2.40. The van der Waals surface area contributed by atoms with Crippen molar-refractivity contribution in [2.75, 3.05) is 18.5 Å². The van der Waals surface area contributed by atoms with E-state index in [0.29, 0.717) is 6.54 Å². The maximum absolute atomic E-state index is 12.9. The number of nitrogens with zero attached hydrogens (tertiary/aromatic N) is 1. The third-order valence-corrected chi connectivity index (χ3v) is 2.98. The van der Waals surface area contributed by atoms with Gasteiger partial charge in [0.05, 0.1) is 0 Å². The third kappa shape index (κ3) is 2.68. The minimum absolute atomic E-state index is 0.220. The lowest BCUT2D eigenvalue weighted by molar-refractivity contribution is 0.628. The van der Waals surface area contributed by atoms with E-state index >= 15 is 0 Å². The van der Waals surface area contributed by atoms with Crippen LogP contribution in [0.15, 0.2) is 48.5 Å². The fraction of sp³-hybridized carbons (Fsp3) is 0.200. The molecule has 2 aromatic rings. The molecule has 0 fully saturated rings. The predicted octanol–water partition coefficient (Wildman–Crippen LogP) is 3.09. The van der Waals surface area contributed by atoms with Crippen LogP contribution >= 0.6 is 0 Å². The van der Waals surface area contributed by atoms with Crippen LogP contribution in [-0.2, 0) is 6.42 Å². The van der Waals surface area contributed by atoms with Crippen molar-refractivity contribution in [3.05, 3.63) is 59.9 Å². The van der Waals surface area contributed by atoms with Crippen LogP contribution in [0.2, 0.25) is 0 Å². The minimum Gasteiger partial charge on any atom is -0.344 e. The van der Waals surface area contributed by atoms with E-state index in [9.17, 15) is 4.39 Å². The van der Waals surface area contributed by atoms with Crippen LogP contribution in [-0.4, -0.2) is 13.6 Å². The largest absolute Gasteiger partial charge is 0.344 e. The highest BCUT2D eigenvalue weighted by Crippen LogP contribution is 2.27. The summed E-state index contributed by atoms with van der Waals surface area (Å²) < 4.78 is 12.9. The normalized spacial score (nSPS) is 10.4. The van der Waals surface area contributed by atoms with Crippen LogP contribution < -0.4 is 10.6 Å². The highest BCUT2D eigenvalue weighted by atomic mass is 19.1. The molecular weight excluding hydrogens is 227 g/mol. The summed E-state index contributed by atoms with van der Waals surface area (Å²) >= 11 is 0. The molecule has 94 valence electrons. The highest BCUT2D eigenvalue weighted by molar-refractivity contribution is 5.65. The molecule has 2 aromatic carbocycles. The van der Waals surface area contributed by atoms with E-state index in [0.717, 1.165) is 17.8 Å². The van der Waals surface area contributed by atoms with Gasteiger partial charge in [-0.2, -0.15) is 0 Å².